The summed E-state index contributed by atoms with van der Waals surface area (Å²) in [5, 5.41) is 4.07. The fraction of sp³-hybridized carbons (Fsp3) is 0.188. The van der Waals surface area contributed by atoms with Crippen LogP contribution in [0.5, 0.6) is 5.75 Å². The number of amides is 1. The minimum atomic E-state index is -0.0815. The molecule has 1 N–H and O–H groups in total. The van der Waals surface area contributed by atoms with Crippen LogP contribution in [0.4, 0.5) is 5.69 Å². The molecule has 2 rings (SSSR count). The number of hydrogen-bond acceptors (Lipinski definition) is 3. The molecule has 0 aliphatic carbocycles. The quantitative estimate of drug-likeness (QED) is 0.730. The van der Waals surface area contributed by atoms with Gasteiger partial charge in [-0.15, -0.1) is 11.8 Å². The summed E-state index contributed by atoms with van der Waals surface area (Å²) in [6, 6.07) is 12.6. The normalized spacial score (nSPS) is 10.3. The van der Waals surface area contributed by atoms with E-state index in [1.54, 1.807) is 37.1 Å². The fourth-order valence-electron chi connectivity index (χ4n) is 1.78. The highest BCUT2D eigenvalue weighted by Crippen LogP contribution is 2.28. The van der Waals surface area contributed by atoms with Crippen molar-refractivity contribution in [3.05, 3.63) is 52.5 Å². The number of rotatable bonds is 6. The Morgan fingerprint density at radius 3 is 2.50 bits per heavy atom. The highest BCUT2D eigenvalue weighted by Gasteiger charge is 2.08. The standard InChI is InChI=1S/C16H15Cl2NO2S/c1-21-15-7-4-12(18)10-14(15)19-16(20)8-9-22-13-5-2-11(17)3-6-13/h2-7,10H,8-9H2,1H3,(H,19,20). The van der Waals surface area contributed by atoms with Crippen molar-refractivity contribution in [1.29, 1.82) is 0 Å². The number of ether oxygens (including phenoxy) is 1. The highest BCUT2D eigenvalue weighted by molar-refractivity contribution is 7.99. The Bertz CT molecular complexity index is 647. The van der Waals surface area contributed by atoms with Gasteiger partial charge >= 0.3 is 0 Å². The van der Waals surface area contributed by atoms with Crippen molar-refractivity contribution < 1.29 is 9.53 Å². The van der Waals surface area contributed by atoms with Crippen LogP contribution in [0.1, 0.15) is 6.42 Å². The molecule has 6 heteroatoms. The summed E-state index contributed by atoms with van der Waals surface area (Å²) in [4.78, 5) is 13.1. The van der Waals surface area contributed by atoms with Crippen molar-refractivity contribution in [3.8, 4) is 5.75 Å². The van der Waals surface area contributed by atoms with Gasteiger partial charge < -0.3 is 10.1 Å². The lowest BCUT2D eigenvalue weighted by Crippen LogP contribution is -2.13. The first kappa shape index (κ1) is 17.0. The number of anilines is 1. The van der Waals surface area contributed by atoms with Crippen molar-refractivity contribution >= 4 is 46.6 Å². The second-order valence-electron chi connectivity index (χ2n) is 4.45. The molecule has 0 aliphatic heterocycles. The molecule has 0 aromatic heterocycles. The van der Waals surface area contributed by atoms with Crippen molar-refractivity contribution in [2.45, 2.75) is 11.3 Å². The molecule has 0 bridgehead atoms. The molecule has 116 valence electrons. The molecular formula is C16H15Cl2NO2S. The topological polar surface area (TPSA) is 38.3 Å². The number of hydrogen-bond donors (Lipinski definition) is 1. The third-order valence-corrected chi connectivity index (χ3v) is 4.35. The SMILES string of the molecule is COc1ccc(Cl)cc1NC(=O)CCSc1ccc(Cl)cc1. The van der Waals surface area contributed by atoms with Gasteiger partial charge in [0.05, 0.1) is 12.8 Å². The maximum Gasteiger partial charge on any atom is 0.225 e. The molecule has 22 heavy (non-hydrogen) atoms. The molecule has 3 nitrogen and oxygen atoms in total. The second kappa shape index (κ2) is 8.32. The summed E-state index contributed by atoms with van der Waals surface area (Å²) in [6.07, 6.45) is 0.392. The summed E-state index contributed by atoms with van der Waals surface area (Å²) in [5.74, 6) is 1.18. The molecule has 0 saturated carbocycles. The molecule has 2 aromatic rings. The van der Waals surface area contributed by atoms with Crippen molar-refractivity contribution in [2.24, 2.45) is 0 Å². The van der Waals surface area contributed by atoms with Crippen LogP contribution in [0.2, 0.25) is 10.0 Å². The van der Waals surface area contributed by atoms with Crippen LogP contribution in [0.3, 0.4) is 0 Å². The Hall–Kier alpha value is -1.36. The Balaban J connectivity index is 1.85. The molecule has 0 spiro atoms. The Morgan fingerprint density at radius 2 is 1.82 bits per heavy atom. The van der Waals surface area contributed by atoms with Crippen LogP contribution in [0.25, 0.3) is 0 Å². The fourth-order valence-corrected chi connectivity index (χ4v) is 2.93. The molecule has 0 atom stereocenters. The van der Waals surface area contributed by atoms with E-state index in [9.17, 15) is 4.79 Å². The lowest BCUT2D eigenvalue weighted by atomic mass is 10.3. The zero-order valence-electron chi connectivity index (χ0n) is 11.9. The molecule has 0 aliphatic rings. The van der Waals surface area contributed by atoms with Crippen molar-refractivity contribution in [3.63, 3.8) is 0 Å². The zero-order valence-corrected chi connectivity index (χ0v) is 14.3. The van der Waals surface area contributed by atoms with Gasteiger partial charge in [-0.3, -0.25) is 4.79 Å². The van der Waals surface area contributed by atoms with E-state index in [4.69, 9.17) is 27.9 Å². The zero-order chi connectivity index (χ0) is 15.9. The van der Waals surface area contributed by atoms with Gasteiger partial charge in [0.2, 0.25) is 5.91 Å². The van der Waals surface area contributed by atoms with Gasteiger partial charge in [0.1, 0.15) is 5.75 Å². The summed E-state index contributed by atoms with van der Waals surface area (Å²) >= 11 is 13.4. The number of benzene rings is 2. The van der Waals surface area contributed by atoms with Crippen LogP contribution in [0, 0.1) is 0 Å². The summed E-state index contributed by atoms with van der Waals surface area (Å²) in [7, 11) is 1.55. The highest BCUT2D eigenvalue weighted by atomic mass is 35.5. The minimum absolute atomic E-state index is 0.0815. The predicted molar refractivity (Wildman–Crippen MR) is 93.4 cm³/mol. The number of halogens is 2. The third kappa shape index (κ3) is 5.13. The first-order valence-corrected chi connectivity index (χ1v) is 8.34. The monoisotopic (exact) mass is 355 g/mol. The average molecular weight is 356 g/mol. The lowest BCUT2D eigenvalue weighted by Gasteiger charge is -2.10. The molecule has 0 fully saturated rings. The molecule has 0 radical (unpaired) electrons. The summed E-state index contributed by atoms with van der Waals surface area (Å²) in [5.41, 5.74) is 0.580. The van der Waals surface area contributed by atoms with Gasteiger partial charge in [0, 0.05) is 27.1 Å². The minimum Gasteiger partial charge on any atom is -0.495 e. The molecule has 2 aromatic carbocycles. The van der Waals surface area contributed by atoms with E-state index in [0.29, 0.717) is 33.7 Å². The molecule has 0 heterocycles. The van der Waals surface area contributed by atoms with E-state index >= 15 is 0 Å². The number of nitrogens with one attached hydrogen (secondary N) is 1. The van der Waals surface area contributed by atoms with Crippen LogP contribution in [-0.4, -0.2) is 18.8 Å². The van der Waals surface area contributed by atoms with Gasteiger partial charge in [0.15, 0.2) is 0 Å². The molecule has 1 amide bonds. The maximum atomic E-state index is 12.0. The van der Waals surface area contributed by atoms with E-state index in [1.165, 1.54) is 0 Å². The van der Waals surface area contributed by atoms with Gasteiger partial charge in [-0.2, -0.15) is 0 Å². The number of carbonyl (C=O) groups excluding carboxylic acids is 1. The van der Waals surface area contributed by atoms with E-state index in [2.05, 4.69) is 5.32 Å². The lowest BCUT2D eigenvalue weighted by molar-refractivity contribution is -0.115. The first-order chi connectivity index (χ1) is 10.6. The Morgan fingerprint density at radius 1 is 1.14 bits per heavy atom. The number of thioether (sulfide) groups is 1. The van der Waals surface area contributed by atoms with Gasteiger partial charge in [-0.25, -0.2) is 0 Å². The predicted octanol–water partition coefficient (Wildman–Crippen LogP) is 5.12. The van der Waals surface area contributed by atoms with E-state index in [-0.39, 0.29) is 5.91 Å². The Labute approximate surface area is 144 Å². The number of methoxy groups -OCH3 is 1. The van der Waals surface area contributed by atoms with Gasteiger partial charge in [0.25, 0.3) is 0 Å². The smallest absolute Gasteiger partial charge is 0.225 e. The van der Waals surface area contributed by atoms with Gasteiger partial charge in [-0.1, -0.05) is 23.2 Å². The van der Waals surface area contributed by atoms with Gasteiger partial charge in [-0.05, 0) is 42.5 Å². The molecule has 0 unspecified atom stereocenters. The first-order valence-electron chi connectivity index (χ1n) is 6.60. The van der Waals surface area contributed by atoms with Crippen LogP contribution < -0.4 is 10.1 Å². The molecular weight excluding hydrogens is 341 g/mol. The van der Waals surface area contributed by atoms with E-state index in [0.717, 1.165) is 4.90 Å². The van der Waals surface area contributed by atoms with Crippen molar-refractivity contribution in [2.75, 3.05) is 18.2 Å². The van der Waals surface area contributed by atoms with E-state index < -0.39 is 0 Å². The third-order valence-electron chi connectivity index (χ3n) is 2.85. The maximum absolute atomic E-state index is 12.0. The largest absolute Gasteiger partial charge is 0.495 e. The summed E-state index contributed by atoms with van der Waals surface area (Å²) in [6.45, 7) is 0. The van der Waals surface area contributed by atoms with Crippen molar-refractivity contribution in [1.82, 2.24) is 0 Å². The average Bonchev–Trinajstić information content (AvgIpc) is 2.49. The molecule has 0 saturated heterocycles. The van der Waals surface area contributed by atoms with Crippen LogP contribution in [0.15, 0.2) is 47.4 Å². The Kier molecular flexibility index (Phi) is 6.43. The van der Waals surface area contributed by atoms with E-state index in [1.807, 2.05) is 24.3 Å². The number of carbonyl (C=O) groups is 1. The summed E-state index contributed by atoms with van der Waals surface area (Å²) < 4.78 is 5.20. The van der Waals surface area contributed by atoms with Crippen LogP contribution >= 0.6 is 35.0 Å². The van der Waals surface area contributed by atoms with Crippen LogP contribution in [-0.2, 0) is 4.79 Å². The second-order valence-corrected chi connectivity index (χ2v) is 6.49.